The molecular weight excluding hydrogens is 431 g/mol. The van der Waals surface area contributed by atoms with Crippen molar-refractivity contribution in [2.45, 2.75) is 71.8 Å². The van der Waals surface area contributed by atoms with Crippen LogP contribution in [-0.4, -0.2) is 46.4 Å². The number of hydrogen-bond donors (Lipinski definition) is 2. The zero-order valence-electron chi connectivity index (χ0n) is 19.7. The molecule has 0 saturated carbocycles. The Bertz CT molecular complexity index is 813. The van der Waals surface area contributed by atoms with Crippen LogP contribution in [0.1, 0.15) is 65.2 Å². The van der Waals surface area contributed by atoms with E-state index in [9.17, 15) is 9.79 Å². The first kappa shape index (κ1) is 26.4. The Balaban J connectivity index is 1.88. The maximum absolute atomic E-state index is 11.3. The molecule has 1 aliphatic rings. The predicted molar refractivity (Wildman–Crippen MR) is 124 cm³/mol. The molecule has 0 saturated heterocycles. The monoisotopic (exact) mass is 468 g/mol. The SMILES string of the molecule is COc1ccccc1C1OC=C(CCCCOP(O)(O)(CCC#N)N(C(C)C)C(C)C)O1. The molecule has 1 aromatic carbocycles. The van der Waals surface area contributed by atoms with Crippen molar-refractivity contribution in [1.29, 1.82) is 5.26 Å². The second-order valence-corrected chi connectivity index (χ2v) is 11.8. The molecule has 2 rings (SSSR count). The average Bonchev–Trinajstić information content (AvgIpc) is 3.20. The standard InChI is InChI=1S/C23H37N2O6P/c1-18(2)25(19(3)4)32(26,27,16-10-14-24)30-15-9-8-11-20-17-29-23(31-20)21-12-6-7-13-22(21)28-5/h6-7,12-13,17-19,23,26-27H,8-11,15-16H2,1-5H3. The minimum absolute atomic E-state index is 0.0170. The molecule has 0 bridgehead atoms. The molecule has 0 radical (unpaired) electrons. The fourth-order valence-corrected chi connectivity index (χ4v) is 7.46. The van der Waals surface area contributed by atoms with E-state index in [-0.39, 0.29) is 31.3 Å². The molecule has 0 spiro atoms. The summed E-state index contributed by atoms with van der Waals surface area (Å²) in [4.78, 5) is 22.6. The van der Waals surface area contributed by atoms with Gasteiger partial charge in [-0.2, -0.15) is 0 Å². The molecule has 0 aliphatic carbocycles. The molecule has 1 heterocycles. The van der Waals surface area contributed by atoms with Crippen molar-refractivity contribution < 1.29 is 28.5 Å². The van der Waals surface area contributed by atoms with Crippen LogP contribution in [0.25, 0.3) is 0 Å². The number of nitrogens with zero attached hydrogens (tertiary/aromatic N) is 2. The molecule has 1 atom stereocenters. The van der Waals surface area contributed by atoms with Gasteiger partial charge in [-0.05, 0) is 0 Å². The van der Waals surface area contributed by atoms with Crippen molar-refractivity contribution in [2.24, 2.45) is 0 Å². The molecule has 0 aromatic heterocycles. The Morgan fingerprint density at radius 2 is 1.84 bits per heavy atom. The second-order valence-electron chi connectivity index (χ2n) is 8.47. The van der Waals surface area contributed by atoms with Gasteiger partial charge in [-0.1, -0.05) is 0 Å². The van der Waals surface area contributed by atoms with Gasteiger partial charge in [-0.25, -0.2) is 0 Å². The van der Waals surface area contributed by atoms with Gasteiger partial charge in [-0.3, -0.25) is 0 Å². The summed E-state index contributed by atoms with van der Waals surface area (Å²) < 4.78 is 24.3. The minimum atomic E-state index is -4.64. The molecule has 32 heavy (non-hydrogen) atoms. The van der Waals surface area contributed by atoms with E-state index in [2.05, 4.69) is 0 Å². The number of benzene rings is 1. The van der Waals surface area contributed by atoms with Crippen molar-refractivity contribution >= 4 is 7.43 Å². The van der Waals surface area contributed by atoms with Gasteiger partial charge in [0.1, 0.15) is 0 Å². The quantitative estimate of drug-likeness (QED) is 0.308. The topological polar surface area (TPSA) is 104 Å². The summed E-state index contributed by atoms with van der Waals surface area (Å²) in [5.74, 6) is 1.43. The van der Waals surface area contributed by atoms with Gasteiger partial charge in [0, 0.05) is 0 Å². The van der Waals surface area contributed by atoms with Gasteiger partial charge in [-0.15, -0.1) is 0 Å². The summed E-state index contributed by atoms with van der Waals surface area (Å²) >= 11 is 0. The van der Waals surface area contributed by atoms with Crippen LogP contribution < -0.4 is 4.74 Å². The number of ether oxygens (including phenoxy) is 3. The van der Waals surface area contributed by atoms with Crippen LogP contribution in [0, 0.1) is 11.3 Å². The number of rotatable bonds is 13. The fraction of sp³-hybridized carbons (Fsp3) is 0.609. The number of hydrogen-bond acceptors (Lipinski definition) is 8. The van der Waals surface area contributed by atoms with E-state index in [1.54, 1.807) is 18.0 Å². The molecule has 0 fully saturated rings. The third kappa shape index (κ3) is 6.57. The van der Waals surface area contributed by atoms with Crippen LogP contribution in [0.2, 0.25) is 0 Å². The van der Waals surface area contributed by atoms with Gasteiger partial charge in [0.15, 0.2) is 0 Å². The third-order valence-electron chi connectivity index (χ3n) is 5.28. The van der Waals surface area contributed by atoms with Gasteiger partial charge in [0.05, 0.1) is 0 Å². The number of para-hydroxylation sites is 1. The van der Waals surface area contributed by atoms with Crippen molar-refractivity contribution in [2.75, 3.05) is 19.9 Å². The Morgan fingerprint density at radius 3 is 2.47 bits per heavy atom. The zero-order chi connectivity index (χ0) is 23.8. The van der Waals surface area contributed by atoms with Crippen LogP contribution >= 0.6 is 7.43 Å². The number of nitriles is 1. The number of allylic oxidation sites excluding steroid dienone is 1. The van der Waals surface area contributed by atoms with Crippen LogP contribution in [0.5, 0.6) is 5.75 Å². The van der Waals surface area contributed by atoms with E-state index in [1.165, 1.54) is 0 Å². The summed E-state index contributed by atoms with van der Waals surface area (Å²) in [6.45, 7) is 7.75. The maximum atomic E-state index is 11.3. The van der Waals surface area contributed by atoms with Crippen molar-refractivity contribution in [3.05, 3.63) is 41.9 Å². The predicted octanol–water partition coefficient (Wildman–Crippen LogP) is 5.00. The van der Waals surface area contributed by atoms with Crippen molar-refractivity contribution in [3.63, 3.8) is 0 Å². The fourth-order valence-electron chi connectivity index (χ4n) is 4.12. The van der Waals surface area contributed by atoms with Gasteiger partial charge in [0.2, 0.25) is 0 Å². The second kappa shape index (κ2) is 11.3. The Hall–Kier alpha value is -1.88. The van der Waals surface area contributed by atoms with E-state index < -0.39 is 13.7 Å². The van der Waals surface area contributed by atoms with Gasteiger partial charge < -0.3 is 0 Å². The van der Waals surface area contributed by atoms with E-state index in [0.29, 0.717) is 18.6 Å². The van der Waals surface area contributed by atoms with E-state index >= 15 is 0 Å². The molecule has 0 amide bonds. The first-order valence-corrected chi connectivity index (χ1v) is 13.3. The average molecular weight is 469 g/mol. The summed E-state index contributed by atoms with van der Waals surface area (Å²) in [7, 11) is -3.03. The molecule has 1 unspecified atom stereocenters. The van der Waals surface area contributed by atoms with Crippen molar-refractivity contribution in [3.8, 4) is 11.8 Å². The van der Waals surface area contributed by atoms with Crippen molar-refractivity contribution in [1.82, 2.24) is 4.67 Å². The van der Waals surface area contributed by atoms with Crippen LogP contribution in [0.3, 0.4) is 0 Å². The van der Waals surface area contributed by atoms with Crippen LogP contribution in [0.15, 0.2) is 36.3 Å². The van der Waals surface area contributed by atoms with E-state index in [0.717, 1.165) is 17.7 Å². The summed E-state index contributed by atoms with van der Waals surface area (Å²) in [6, 6.07) is 9.28. The van der Waals surface area contributed by atoms with Gasteiger partial charge >= 0.3 is 191 Å². The third-order valence-corrected chi connectivity index (χ3v) is 8.85. The van der Waals surface area contributed by atoms with E-state index in [4.69, 9.17) is 24.0 Å². The molecule has 9 heteroatoms. The molecule has 1 aliphatic heterocycles. The summed E-state index contributed by atoms with van der Waals surface area (Å²) in [6.07, 6.45) is 2.97. The Morgan fingerprint density at radius 1 is 1.16 bits per heavy atom. The summed E-state index contributed by atoms with van der Waals surface area (Å²) in [5.41, 5.74) is 0.822. The molecule has 2 N–H and O–H groups in total. The van der Waals surface area contributed by atoms with Crippen LogP contribution in [-0.2, 0) is 14.0 Å². The number of methoxy groups -OCH3 is 1. The first-order valence-electron chi connectivity index (χ1n) is 11.1. The molecular formula is C23H37N2O6P. The van der Waals surface area contributed by atoms with E-state index in [1.807, 2.05) is 58.0 Å². The van der Waals surface area contributed by atoms with Gasteiger partial charge in [0.25, 0.3) is 0 Å². The molecule has 180 valence electrons. The Labute approximate surface area is 191 Å². The zero-order valence-corrected chi connectivity index (χ0v) is 20.6. The molecule has 8 nitrogen and oxygen atoms in total. The Kier molecular flexibility index (Phi) is 9.32. The normalized spacial score (nSPS) is 17.5. The first-order chi connectivity index (χ1) is 15.1. The molecule has 1 aromatic rings. The van der Waals surface area contributed by atoms with Crippen LogP contribution in [0.4, 0.5) is 0 Å². The number of unbranched alkanes of at least 4 members (excludes halogenated alkanes) is 1. The summed E-state index contributed by atoms with van der Waals surface area (Å²) in [5, 5.41) is 9.01.